The highest BCUT2D eigenvalue weighted by atomic mass is 16.6. The first-order valence-electron chi connectivity index (χ1n) is 12.0. The zero-order chi connectivity index (χ0) is 26.7. The highest BCUT2D eigenvalue weighted by Gasteiger charge is 2.25. The molecule has 0 aliphatic carbocycles. The van der Waals surface area contributed by atoms with Crippen LogP contribution in [0.25, 0.3) is 0 Å². The van der Waals surface area contributed by atoms with Crippen molar-refractivity contribution in [2.75, 3.05) is 5.32 Å². The van der Waals surface area contributed by atoms with Crippen molar-refractivity contribution in [1.29, 1.82) is 0 Å². The second-order valence-electron chi connectivity index (χ2n) is 9.32. The van der Waals surface area contributed by atoms with Crippen LogP contribution < -0.4 is 15.4 Å². The smallest absolute Gasteiger partial charge is 0.408 e. The van der Waals surface area contributed by atoms with Crippen LogP contribution in [0.3, 0.4) is 0 Å². The SMILES string of the molecule is CC(C)(C)OC(=O)CCC(NC(=O)OCc1ccccc1)C(=O)Nc1cccc(Oc2ccccc2)c1. The van der Waals surface area contributed by atoms with Crippen molar-refractivity contribution < 1.29 is 28.6 Å². The first kappa shape index (κ1) is 27.3. The number of carbonyl (C=O) groups excluding carboxylic acids is 3. The number of hydrogen-bond donors (Lipinski definition) is 2. The minimum absolute atomic E-state index is 0.0292. The molecule has 194 valence electrons. The molecule has 0 saturated carbocycles. The average Bonchev–Trinajstić information content (AvgIpc) is 2.85. The van der Waals surface area contributed by atoms with Crippen molar-refractivity contribution in [1.82, 2.24) is 5.32 Å². The van der Waals surface area contributed by atoms with Gasteiger partial charge in [0.1, 0.15) is 29.7 Å². The molecule has 3 aromatic rings. The lowest BCUT2D eigenvalue weighted by Gasteiger charge is -2.21. The summed E-state index contributed by atoms with van der Waals surface area (Å²) < 4.78 is 16.4. The van der Waals surface area contributed by atoms with Crippen molar-refractivity contribution in [3.05, 3.63) is 90.5 Å². The fourth-order valence-electron chi connectivity index (χ4n) is 3.32. The first-order chi connectivity index (χ1) is 17.7. The number of rotatable bonds is 10. The van der Waals surface area contributed by atoms with Crippen molar-refractivity contribution >= 4 is 23.7 Å². The maximum absolute atomic E-state index is 13.1. The van der Waals surface area contributed by atoms with E-state index >= 15 is 0 Å². The highest BCUT2D eigenvalue weighted by molar-refractivity contribution is 5.97. The van der Waals surface area contributed by atoms with E-state index in [-0.39, 0.29) is 19.4 Å². The molecule has 8 nitrogen and oxygen atoms in total. The number of hydrogen-bond acceptors (Lipinski definition) is 6. The van der Waals surface area contributed by atoms with Crippen LogP contribution in [0.2, 0.25) is 0 Å². The van der Waals surface area contributed by atoms with Gasteiger partial charge >= 0.3 is 12.1 Å². The van der Waals surface area contributed by atoms with Gasteiger partial charge < -0.3 is 24.8 Å². The lowest BCUT2D eigenvalue weighted by Crippen LogP contribution is -2.44. The molecular weight excluding hydrogens is 472 g/mol. The van der Waals surface area contributed by atoms with Gasteiger partial charge in [0.15, 0.2) is 0 Å². The molecule has 2 N–H and O–H groups in total. The summed E-state index contributed by atoms with van der Waals surface area (Å²) in [4.78, 5) is 37.8. The molecule has 0 spiro atoms. The highest BCUT2D eigenvalue weighted by Crippen LogP contribution is 2.24. The third kappa shape index (κ3) is 10.0. The number of benzene rings is 3. The van der Waals surface area contributed by atoms with Crippen LogP contribution in [0.1, 0.15) is 39.2 Å². The number of ether oxygens (including phenoxy) is 3. The molecule has 0 aromatic heterocycles. The van der Waals surface area contributed by atoms with Gasteiger partial charge in [-0.15, -0.1) is 0 Å². The zero-order valence-corrected chi connectivity index (χ0v) is 21.2. The van der Waals surface area contributed by atoms with Crippen LogP contribution in [0, 0.1) is 0 Å². The molecule has 3 rings (SSSR count). The standard InChI is InChI=1S/C29H32N2O6/c1-29(2,3)37-26(32)18-17-25(31-28(34)35-20-21-11-6-4-7-12-21)27(33)30-22-13-10-16-24(19-22)36-23-14-8-5-9-15-23/h4-16,19,25H,17-18,20H2,1-3H3,(H,30,33)(H,31,34). The van der Waals surface area contributed by atoms with Gasteiger partial charge in [-0.25, -0.2) is 4.79 Å². The number of alkyl carbamates (subject to hydrolysis) is 1. The van der Waals surface area contributed by atoms with E-state index in [0.29, 0.717) is 17.2 Å². The Labute approximate surface area is 216 Å². The second-order valence-corrected chi connectivity index (χ2v) is 9.32. The Morgan fingerprint density at radius 3 is 2.16 bits per heavy atom. The number of nitrogens with one attached hydrogen (secondary N) is 2. The van der Waals surface area contributed by atoms with E-state index in [9.17, 15) is 14.4 Å². The van der Waals surface area contributed by atoms with Crippen LogP contribution in [-0.4, -0.2) is 29.6 Å². The number of amides is 2. The van der Waals surface area contributed by atoms with E-state index in [4.69, 9.17) is 14.2 Å². The Morgan fingerprint density at radius 1 is 0.838 bits per heavy atom. The van der Waals surface area contributed by atoms with Gasteiger partial charge in [-0.05, 0) is 57.0 Å². The number of anilines is 1. The summed E-state index contributed by atoms with van der Waals surface area (Å²) in [6.07, 6.45) is -0.804. The zero-order valence-electron chi connectivity index (χ0n) is 21.2. The van der Waals surface area contributed by atoms with Crippen LogP contribution in [0.5, 0.6) is 11.5 Å². The van der Waals surface area contributed by atoms with Crippen molar-refractivity contribution in [3.63, 3.8) is 0 Å². The van der Waals surface area contributed by atoms with Crippen molar-refractivity contribution in [3.8, 4) is 11.5 Å². The Kier molecular flexibility index (Phi) is 9.66. The molecule has 0 heterocycles. The topological polar surface area (TPSA) is 103 Å². The minimum atomic E-state index is -1.03. The molecule has 0 aliphatic heterocycles. The first-order valence-corrected chi connectivity index (χ1v) is 12.0. The lowest BCUT2D eigenvalue weighted by molar-refractivity contribution is -0.155. The largest absolute Gasteiger partial charge is 0.460 e. The van der Waals surface area contributed by atoms with Gasteiger partial charge in [0.2, 0.25) is 5.91 Å². The second kappa shape index (κ2) is 13.1. The summed E-state index contributed by atoms with van der Waals surface area (Å²) >= 11 is 0. The third-order valence-electron chi connectivity index (χ3n) is 4.96. The maximum atomic E-state index is 13.1. The number of carbonyl (C=O) groups is 3. The fraction of sp³-hybridized carbons (Fsp3) is 0.276. The molecule has 2 amide bonds. The van der Waals surface area contributed by atoms with E-state index in [1.165, 1.54) is 0 Å². The predicted octanol–water partition coefficient (Wildman–Crippen LogP) is 5.83. The molecule has 0 bridgehead atoms. The Morgan fingerprint density at radius 2 is 1.49 bits per heavy atom. The number of esters is 1. The van der Waals surface area contributed by atoms with Crippen LogP contribution in [0.4, 0.5) is 10.5 Å². The van der Waals surface area contributed by atoms with Gasteiger partial charge in [0.05, 0.1) is 0 Å². The van der Waals surface area contributed by atoms with Crippen molar-refractivity contribution in [2.24, 2.45) is 0 Å². The Hall–Kier alpha value is -4.33. The van der Waals surface area contributed by atoms with E-state index in [1.54, 1.807) is 45.0 Å². The van der Waals surface area contributed by atoms with Crippen LogP contribution >= 0.6 is 0 Å². The molecule has 0 radical (unpaired) electrons. The van der Waals surface area contributed by atoms with E-state index in [1.807, 2.05) is 60.7 Å². The molecule has 0 aliphatic rings. The predicted molar refractivity (Wildman–Crippen MR) is 140 cm³/mol. The average molecular weight is 505 g/mol. The molecular formula is C29H32N2O6. The van der Waals surface area contributed by atoms with Crippen LogP contribution in [0.15, 0.2) is 84.9 Å². The van der Waals surface area contributed by atoms with E-state index < -0.39 is 29.6 Å². The number of para-hydroxylation sites is 1. The molecule has 37 heavy (non-hydrogen) atoms. The fourth-order valence-corrected chi connectivity index (χ4v) is 3.32. The van der Waals surface area contributed by atoms with Gasteiger partial charge in [-0.1, -0.05) is 54.6 Å². The quantitative estimate of drug-likeness (QED) is 0.337. The Balaban J connectivity index is 1.65. The van der Waals surface area contributed by atoms with E-state index in [0.717, 1.165) is 5.56 Å². The summed E-state index contributed by atoms with van der Waals surface area (Å²) in [6.45, 7) is 5.34. The molecule has 1 unspecified atom stereocenters. The monoisotopic (exact) mass is 504 g/mol. The van der Waals surface area contributed by atoms with Crippen LogP contribution in [-0.2, 0) is 25.7 Å². The summed E-state index contributed by atoms with van der Waals surface area (Å²) in [5, 5.41) is 5.35. The van der Waals surface area contributed by atoms with Gasteiger partial charge in [-0.3, -0.25) is 9.59 Å². The normalized spacial score (nSPS) is 11.6. The van der Waals surface area contributed by atoms with Crippen molar-refractivity contribution in [2.45, 2.75) is 51.9 Å². The summed E-state index contributed by atoms with van der Waals surface area (Å²) in [5.74, 6) is 0.216. The van der Waals surface area contributed by atoms with Gasteiger partial charge in [0, 0.05) is 18.2 Å². The third-order valence-corrected chi connectivity index (χ3v) is 4.96. The molecule has 0 fully saturated rings. The molecule has 1 atom stereocenters. The minimum Gasteiger partial charge on any atom is -0.460 e. The van der Waals surface area contributed by atoms with E-state index in [2.05, 4.69) is 10.6 Å². The molecule has 3 aromatic carbocycles. The lowest BCUT2D eigenvalue weighted by atomic mass is 10.1. The van der Waals surface area contributed by atoms with Gasteiger partial charge in [0.25, 0.3) is 0 Å². The van der Waals surface area contributed by atoms with Gasteiger partial charge in [-0.2, -0.15) is 0 Å². The molecule has 8 heteroatoms. The summed E-state index contributed by atoms with van der Waals surface area (Å²) in [5.41, 5.74) is 0.624. The summed E-state index contributed by atoms with van der Waals surface area (Å²) in [7, 11) is 0. The molecule has 0 saturated heterocycles. The maximum Gasteiger partial charge on any atom is 0.408 e. The Bertz CT molecular complexity index is 1180. The summed E-state index contributed by atoms with van der Waals surface area (Å²) in [6, 6.07) is 24.3.